The predicted octanol–water partition coefficient (Wildman–Crippen LogP) is 2.80. The Kier molecular flexibility index (Phi) is 4.22. The van der Waals surface area contributed by atoms with E-state index in [9.17, 15) is 0 Å². The van der Waals surface area contributed by atoms with Gasteiger partial charge in [-0.25, -0.2) is 0 Å². The number of rotatable bonds is 5. The van der Waals surface area contributed by atoms with Gasteiger partial charge >= 0.3 is 0 Å². The van der Waals surface area contributed by atoms with Crippen molar-refractivity contribution in [2.24, 2.45) is 12.8 Å². The van der Waals surface area contributed by atoms with Crippen molar-refractivity contribution in [3.8, 4) is 11.5 Å². The minimum Gasteiger partial charge on any atom is -0.454 e. The van der Waals surface area contributed by atoms with Crippen molar-refractivity contribution < 1.29 is 4.74 Å². The van der Waals surface area contributed by atoms with Gasteiger partial charge in [0.2, 0.25) is 0 Å². The predicted molar refractivity (Wildman–Crippen MR) is 76.4 cm³/mol. The van der Waals surface area contributed by atoms with E-state index < -0.39 is 0 Å². The number of nitrogens with zero attached hydrogens (tertiary/aromatic N) is 2. The molecular weight excluding hydrogens is 238 g/mol. The molecule has 0 aliphatic carbocycles. The van der Waals surface area contributed by atoms with E-state index in [0.29, 0.717) is 0 Å². The summed E-state index contributed by atoms with van der Waals surface area (Å²) >= 11 is 0. The van der Waals surface area contributed by atoms with Crippen LogP contribution in [0.3, 0.4) is 0 Å². The molecule has 2 rings (SSSR count). The first-order valence-corrected chi connectivity index (χ1v) is 6.60. The van der Waals surface area contributed by atoms with Crippen molar-refractivity contribution in [1.82, 2.24) is 9.78 Å². The molecule has 4 heteroatoms. The molecule has 0 radical (unpaired) electrons. The van der Waals surface area contributed by atoms with Gasteiger partial charge in [0.05, 0.1) is 12.4 Å². The number of aromatic nitrogens is 2. The first-order chi connectivity index (χ1) is 9.08. The summed E-state index contributed by atoms with van der Waals surface area (Å²) in [5.41, 5.74) is 8.35. The van der Waals surface area contributed by atoms with Crippen LogP contribution in [-0.4, -0.2) is 15.8 Å². The standard InChI is InChI=1S/C15H21N3O/c1-4-13(16)8-12-5-6-15(11(2)7-12)19-14-9-17-18(3)10-14/h5-7,9-10,13H,4,8,16H2,1-3H3. The molecule has 0 spiro atoms. The Labute approximate surface area is 114 Å². The van der Waals surface area contributed by atoms with Crippen LogP contribution in [0.4, 0.5) is 0 Å². The molecule has 0 bridgehead atoms. The van der Waals surface area contributed by atoms with Crippen LogP contribution >= 0.6 is 0 Å². The Morgan fingerprint density at radius 2 is 2.21 bits per heavy atom. The summed E-state index contributed by atoms with van der Waals surface area (Å²) in [5.74, 6) is 1.62. The fourth-order valence-electron chi connectivity index (χ4n) is 1.98. The third kappa shape index (κ3) is 3.58. The molecular formula is C15H21N3O. The fourth-order valence-corrected chi connectivity index (χ4v) is 1.98. The van der Waals surface area contributed by atoms with Gasteiger partial charge in [-0.15, -0.1) is 0 Å². The van der Waals surface area contributed by atoms with Gasteiger partial charge in [0.1, 0.15) is 5.75 Å². The second-order valence-corrected chi connectivity index (χ2v) is 4.92. The molecule has 102 valence electrons. The second kappa shape index (κ2) is 5.89. The topological polar surface area (TPSA) is 53.1 Å². The first kappa shape index (κ1) is 13.6. The molecule has 1 aromatic carbocycles. The van der Waals surface area contributed by atoms with E-state index in [0.717, 1.165) is 29.9 Å². The summed E-state index contributed by atoms with van der Waals surface area (Å²) in [6.45, 7) is 4.16. The van der Waals surface area contributed by atoms with Crippen LogP contribution in [0.2, 0.25) is 0 Å². The summed E-state index contributed by atoms with van der Waals surface area (Å²) in [6.07, 6.45) is 5.46. The zero-order valence-electron chi connectivity index (χ0n) is 11.8. The van der Waals surface area contributed by atoms with Crippen molar-refractivity contribution in [2.45, 2.75) is 32.7 Å². The Morgan fingerprint density at radius 1 is 1.42 bits per heavy atom. The van der Waals surface area contributed by atoms with Crippen LogP contribution in [0.15, 0.2) is 30.6 Å². The monoisotopic (exact) mass is 259 g/mol. The maximum atomic E-state index is 5.98. The molecule has 1 heterocycles. The SMILES string of the molecule is CCC(N)Cc1ccc(Oc2cnn(C)c2)c(C)c1. The van der Waals surface area contributed by atoms with Crippen LogP contribution < -0.4 is 10.5 Å². The van der Waals surface area contributed by atoms with Gasteiger partial charge in [-0.1, -0.05) is 19.1 Å². The number of nitrogens with two attached hydrogens (primary N) is 1. The Bertz CT molecular complexity index is 548. The highest BCUT2D eigenvalue weighted by Gasteiger charge is 2.06. The maximum Gasteiger partial charge on any atom is 0.165 e. The van der Waals surface area contributed by atoms with Crippen molar-refractivity contribution in [3.05, 3.63) is 41.7 Å². The van der Waals surface area contributed by atoms with Gasteiger partial charge < -0.3 is 10.5 Å². The lowest BCUT2D eigenvalue weighted by Crippen LogP contribution is -2.21. The average molecular weight is 259 g/mol. The summed E-state index contributed by atoms with van der Waals surface area (Å²) in [6, 6.07) is 6.44. The number of hydrogen-bond donors (Lipinski definition) is 1. The summed E-state index contributed by atoms with van der Waals surface area (Å²) < 4.78 is 7.52. The fraction of sp³-hybridized carbons (Fsp3) is 0.400. The zero-order valence-corrected chi connectivity index (χ0v) is 11.8. The molecule has 0 aliphatic heterocycles. The quantitative estimate of drug-likeness (QED) is 0.898. The van der Waals surface area contributed by atoms with Gasteiger partial charge in [0.15, 0.2) is 5.75 Å². The highest BCUT2D eigenvalue weighted by atomic mass is 16.5. The lowest BCUT2D eigenvalue weighted by molar-refractivity contribution is 0.478. The molecule has 0 fully saturated rings. The second-order valence-electron chi connectivity index (χ2n) is 4.92. The average Bonchev–Trinajstić information content (AvgIpc) is 2.78. The zero-order chi connectivity index (χ0) is 13.8. The molecule has 0 amide bonds. The van der Waals surface area contributed by atoms with E-state index in [2.05, 4.69) is 24.2 Å². The van der Waals surface area contributed by atoms with Crippen LogP contribution in [0.25, 0.3) is 0 Å². The Hall–Kier alpha value is -1.81. The van der Waals surface area contributed by atoms with Gasteiger partial charge in [0, 0.05) is 13.1 Å². The molecule has 2 N–H and O–H groups in total. The van der Waals surface area contributed by atoms with E-state index in [4.69, 9.17) is 10.5 Å². The summed E-state index contributed by atoms with van der Waals surface area (Å²) in [4.78, 5) is 0. The van der Waals surface area contributed by atoms with Crippen LogP contribution in [0.5, 0.6) is 11.5 Å². The van der Waals surface area contributed by atoms with Gasteiger partial charge in [-0.2, -0.15) is 5.10 Å². The lowest BCUT2D eigenvalue weighted by Gasteiger charge is -2.11. The Morgan fingerprint density at radius 3 is 2.79 bits per heavy atom. The normalized spacial score (nSPS) is 12.4. The first-order valence-electron chi connectivity index (χ1n) is 6.60. The van der Waals surface area contributed by atoms with Gasteiger partial charge in [0.25, 0.3) is 0 Å². The summed E-state index contributed by atoms with van der Waals surface area (Å²) in [5, 5.41) is 4.09. The molecule has 1 aromatic heterocycles. The number of hydrogen-bond acceptors (Lipinski definition) is 3. The summed E-state index contributed by atoms with van der Waals surface area (Å²) in [7, 11) is 1.87. The van der Waals surface area contributed by atoms with Crippen LogP contribution in [0, 0.1) is 6.92 Å². The van der Waals surface area contributed by atoms with E-state index in [1.807, 2.05) is 26.2 Å². The van der Waals surface area contributed by atoms with Gasteiger partial charge in [-0.3, -0.25) is 4.68 Å². The van der Waals surface area contributed by atoms with Crippen LogP contribution in [0.1, 0.15) is 24.5 Å². The molecule has 1 atom stereocenters. The van der Waals surface area contributed by atoms with Crippen molar-refractivity contribution in [1.29, 1.82) is 0 Å². The molecule has 19 heavy (non-hydrogen) atoms. The number of aryl methyl sites for hydroxylation is 2. The largest absolute Gasteiger partial charge is 0.454 e. The minimum atomic E-state index is 0.226. The van der Waals surface area contributed by atoms with E-state index >= 15 is 0 Å². The number of benzene rings is 1. The smallest absolute Gasteiger partial charge is 0.165 e. The molecule has 1 unspecified atom stereocenters. The lowest BCUT2D eigenvalue weighted by atomic mass is 10.0. The van der Waals surface area contributed by atoms with E-state index in [1.165, 1.54) is 5.56 Å². The molecule has 0 aliphatic rings. The third-order valence-corrected chi connectivity index (χ3v) is 3.17. The van der Waals surface area contributed by atoms with E-state index in [-0.39, 0.29) is 6.04 Å². The van der Waals surface area contributed by atoms with Crippen molar-refractivity contribution in [3.63, 3.8) is 0 Å². The minimum absolute atomic E-state index is 0.226. The van der Waals surface area contributed by atoms with Gasteiger partial charge in [-0.05, 0) is 37.0 Å². The maximum absolute atomic E-state index is 5.98. The highest BCUT2D eigenvalue weighted by molar-refractivity contribution is 5.39. The molecule has 4 nitrogen and oxygen atoms in total. The van der Waals surface area contributed by atoms with E-state index in [1.54, 1.807) is 10.9 Å². The molecule has 2 aromatic rings. The van der Waals surface area contributed by atoms with Crippen molar-refractivity contribution >= 4 is 0 Å². The third-order valence-electron chi connectivity index (χ3n) is 3.17. The Balaban J connectivity index is 2.10. The molecule has 0 saturated heterocycles. The number of ether oxygens (including phenoxy) is 1. The van der Waals surface area contributed by atoms with Crippen LogP contribution in [-0.2, 0) is 13.5 Å². The highest BCUT2D eigenvalue weighted by Crippen LogP contribution is 2.25. The molecule has 0 saturated carbocycles. The van der Waals surface area contributed by atoms with Crippen molar-refractivity contribution in [2.75, 3.05) is 0 Å².